The van der Waals surface area contributed by atoms with E-state index in [4.69, 9.17) is 5.73 Å². The molecule has 2 unspecified atom stereocenters. The largest absolute Gasteiger partial charge is 0.350 e. The molecule has 2 atom stereocenters. The molecule has 1 aromatic rings. The summed E-state index contributed by atoms with van der Waals surface area (Å²) in [5.74, 6) is -0.286. The lowest BCUT2D eigenvalue weighted by Crippen LogP contribution is -2.50. The molecule has 4 N–H and O–H groups in total. The molecule has 4 rings (SSSR count). The van der Waals surface area contributed by atoms with E-state index in [-0.39, 0.29) is 24.4 Å². The Morgan fingerprint density at radius 3 is 2.75 bits per heavy atom. The highest BCUT2D eigenvalue weighted by molar-refractivity contribution is 6.09. The van der Waals surface area contributed by atoms with E-state index in [9.17, 15) is 14.4 Å². The van der Waals surface area contributed by atoms with Gasteiger partial charge in [0.25, 0.3) is 5.91 Å². The summed E-state index contributed by atoms with van der Waals surface area (Å²) in [5, 5.41) is 5.82. The van der Waals surface area contributed by atoms with E-state index < -0.39 is 11.6 Å². The molecule has 2 fully saturated rings. The third-order valence-corrected chi connectivity index (χ3v) is 6.54. The van der Waals surface area contributed by atoms with Crippen molar-refractivity contribution in [3.05, 3.63) is 35.4 Å². The smallest absolute Gasteiger partial charge is 0.325 e. The van der Waals surface area contributed by atoms with Gasteiger partial charge in [0, 0.05) is 12.6 Å². The number of amides is 4. The fourth-order valence-corrected chi connectivity index (χ4v) is 5.03. The number of benzene rings is 1. The molecule has 28 heavy (non-hydrogen) atoms. The molecule has 1 aliphatic heterocycles. The molecule has 4 amide bonds. The molecule has 1 saturated carbocycles. The number of nitrogens with two attached hydrogens (primary N) is 1. The Morgan fingerprint density at radius 1 is 1.25 bits per heavy atom. The van der Waals surface area contributed by atoms with E-state index in [2.05, 4.69) is 10.6 Å². The summed E-state index contributed by atoms with van der Waals surface area (Å²) in [7, 11) is 0. The molecule has 7 heteroatoms. The summed E-state index contributed by atoms with van der Waals surface area (Å²) in [4.78, 5) is 39.3. The molecule has 1 heterocycles. The molecule has 0 bridgehead atoms. The van der Waals surface area contributed by atoms with Crippen LogP contribution in [0.5, 0.6) is 0 Å². The summed E-state index contributed by atoms with van der Waals surface area (Å²) in [6.07, 6.45) is 6.93. The van der Waals surface area contributed by atoms with Gasteiger partial charge in [-0.2, -0.15) is 0 Å². The lowest BCUT2D eigenvalue weighted by molar-refractivity contribution is -0.135. The first-order chi connectivity index (χ1) is 13.5. The van der Waals surface area contributed by atoms with Crippen LogP contribution in [0.15, 0.2) is 24.3 Å². The number of hydrogen-bond donors (Lipinski definition) is 3. The molecule has 2 aliphatic carbocycles. The first-order valence-electron chi connectivity index (χ1n) is 10.3. The second-order valence-corrected chi connectivity index (χ2v) is 8.19. The van der Waals surface area contributed by atoms with Crippen molar-refractivity contribution in [3.63, 3.8) is 0 Å². The van der Waals surface area contributed by atoms with E-state index in [1.54, 1.807) is 0 Å². The second-order valence-electron chi connectivity index (χ2n) is 8.19. The number of fused-ring (bicyclic) bond motifs is 2. The summed E-state index contributed by atoms with van der Waals surface area (Å²) in [6.45, 7) is 0.103. The minimum atomic E-state index is -1.02. The average molecular weight is 384 g/mol. The zero-order valence-electron chi connectivity index (χ0n) is 16.1. The Bertz CT molecular complexity index is 790. The first-order valence-corrected chi connectivity index (χ1v) is 10.3. The maximum atomic E-state index is 13.1. The van der Waals surface area contributed by atoms with Crippen LogP contribution < -0.4 is 16.4 Å². The van der Waals surface area contributed by atoms with Crippen molar-refractivity contribution >= 4 is 17.8 Å². The Kier molecular flexibility index (Phi) is 5.10. The highest BCUT2D eigenvalue weighted by Gasteiger charge is 2.55. The Morgan fingerprint density at radius 2 is 2.00 bits per heavy atom. The van der Waals surface area contributed by atoms with E-state index >= 15 is 0 Å². The number of aryl methyl sites for hydroxylation is 1. The van der Waals surface area contributed by atoms with Crippen LogP contribution in [0.1, 0.15) is 49.7 Å². The molecule has 1 saturated heterocycles. The minimum absolute atomic E-state index is 0.102. The topological polar surface area (TPSA) is 105 Å². The fourth-order valence-electron chi connectivity index (χ4n) is 5.03. The second kappa shape index (κ2) is 7.54. The number of hydrogen-bond acceptors (Lipinski definition) is 4. The van der Waals surface area contributed by atoms with Gasteiger partial charge >= 0.3 is 6.03 Å². The average Bonchev–Trinajstić information content (AvgIpc) is 3.20. The minimum Gasteiger partial charge on any atom is -0.350 e. The Balaban J connectivity index is 1.44. The normalized spacial score (nSPS) is 25.7. The van der Waals surface area contributed by atoms with E-state index in [0.717, 1.165) is 48.1 Å². The lowest BCUT2D eigenvalue weighted by atomic mass is 9.84. The molecule has 7 nitrogen and oxygen atoms in total. The first kappa shape index (κ1) is 18.9. The van der Waals surface area contributed by atoms with Crippen molar-refractivity contribution in [3.8, 4) is 0 Å². The van der Waals surface area contributed by atoms with Crippen molar-refractivity contribution < 1.29 is 14.4 Å². The summed E-state index contributed by atoms with van der Waals surface area (Å²) < 4.78 is 0. The predicted molar refractivity (Wildman–Crippen MR) is 104 cm³/mol. The standard InChI is InChI=1S/C21H28N4O3/c22-12-17(15-7-2-1-3-8-15)23-18(26)13-25-19(27)21(24-20(25)28)11-10-14-6-4-5-9-16(14)21/h4-6,9,15,17H,1-3,7-8,10-13,22H2,(H,23,26)(H,24,28). The number of nitrogens with zero attached hydrogens (tertiary/aromatic N) is 1. The molecule has 1 aromatic carbocycles. The van der Waals surface area contributed by atoms with Gasteiger partial charge in [0.1, 0.15) is 12.1 Å². The zero-order chi connectivity index (χ0) is 19.7. The van der Waals surface area contributed by atoms with Gasteiger partial charge < -0.3 is 16.4 Å². The van der Waals surface area contributed by atoms with Gasteiger partial charge in [-0.3, -0.25) is 14.5 Å². The molecule has 150 valence electrons. The Labute approximate surface area is 165 Å². The van der Waals surface area contributed by atoms with Crippen molar-refractivity contribution in [2.24, 2.45) is 11.7 Å². The molecular formula is C21H28N4O3. The lowest BCUT2D eigenvalue weighted by Gasteiger charge is -2.30. The third kappa shape index (κ3) is 3.17. The number of nitrogens with one attached hydrogen (secondary N) is 2. The molecule has 0 radical (unpaired) electrons. The van der Waals surface area contributed by atoms with Gasteiger partial charge in [-0.15, -0.1) is 0 Å². The van der Waals surface area contributed by atoms with Crippen LogP contribution in [-0.2, 0) is 21.5 Å². The molecule has 3 aliphatic rings. The number of urea groups is 1. The predicted octanol–water partition coefficient (Wildman–Crippen LogP) is 1.40. The van der Waals surface area contributed by atoms with Gasteiger partial charge in [0.05, 0.1) is 0 Å². The number of carbonyl (C=O) groups is 3. The van der Waals surface area contributed by atoms with Crippen molar-refractivity contribution in [1.82, 2.24) is 15.5 Å². The maximum Gasteiger partial charge on any atom is 0.325 e. The van der Waals surface area contributed by atoms with E-state index in [1.165, 1.54) is 6.42 Å². The molecular weight excluding hydrogens is 356 g/mol. The van der Waals surface area contributed by atoms with E-state index in [0.29, 0.717) is 18.9 Å². The van der Waals surface area contributed by atoms with Crippen LogP contribution in [0.3, 0.4) is 0 Å². The zero-order valence-corrected chi connectivity index (χ0v) is 16.1. The summed E-state index contributed by atoms with van der Waals surface area (Å²) >= 11 is 0. The van der Waals surface area contributed by atoms with Crippen LogP contribution in [0.2, 0.25) is 0 Å². The van der Waals surface area contributed by atoms with Gasteiger partial charge in [-0.25, -0.2) is 4.79 Å². The van der Waals surface area contributed by atoms with Crippen LogP contribution in [-0.4, -0.2) is 41.9 Å². The SMILES string of the molecule is NCC(NC(=O)CN1C(=O)NC2(CCc3ccccc32)C1=O)C1CCCCC1. The van der Waals surface area contributed by atoms with Gasteiger partial charge in [-0.05, 0) is 42.7 Å². The Hall–Kier alpha value is -2.41. The monoisotopic (exact) mass is 384 g/mol. The highest BCUT2D eigenvalue weighted by atomic mass is 16.2. The van der Waals surface area contributed by atoms with Crippen molar-refractivity contribution in [2.45, 2.75) is 56.5 Å². The van der Waals surface area contributed by atoms with Gasteiger partial charge in [0.15, 0.2) is 0 Å². The van der Waals surface area contributed by atoms with Crippen molar-refractivity contribution in [1.29, 1.82) is 0 Å². The van der Waals surface area contributed by atoms with E-state index in [1.807, 2.05) is 24.3 Å². The molecule has 0 aromatic heterocycles. The van der Waals surface area contributed by atoms with Gasteiger partial charge in [0.2, 0.25) is 5.91 Å². The van der Waals surface area contributed by atoms with Crippen molar-refractivity contribution in [2.75, 3.05) is 13.1 Å². The maximum absolute atomic E-state index is 13.1. The van der Waals surface area contributed by atoms with Crippen LogP contribution in [0, 0.1) is 5.92 Å². The number of carbonyl (C=O) groups excluding carboxylic acids is 3. The quantitative estimate of drug-likeness (QED) is 0.668. The van der Waals surface area contributed by atoms with Crippen LogP contribution >= 0.6 is 0 Å². The third-order valence-electron chi connectivity index (χ3n) is 6.54. The highest BCUT2D eigenvalue weighted by Crippen LogP contribution is 2.41. The van der Waals surface area contributed by atoms with Gasteiger partial charge in [-0.1, -0.05) is 43.5 Å². The summed E-state index contributed by atoms with van der Waals surface area (Å²) in [5.41, 5.74) is 6.78. The fraction of sp³-hybridized carbons (Fsp3) is 0.571. The number of imide groups is 1. The van der Waals surface area contributed by atoms with Crippen LogP contribution in [0.4, 0.5) is 4.79 Å². The van der Waals surface area contributed by atoms with Crippen LogP contribution in [0.25, 0.3) is 0 Å². The summed E-state index contributed by atoms with van der Waals surface area (Å²) in [6, 6.07) is 7.07. The number of rotatable bonds is 5. The molecule has 1 spiro atoms.